The van der Waals surface area contributed by atoms with Gasteiger partial charge in [-0.3, -0.25) is 9.63 Å². The average molecular weight is 311 g/mol. The fourth-order valence-corrected chi connectivity index (χ4v) is 1.42. The Morgan fingerprint density at radius 2 is 2.05 bits per heavy atom. The summed E-state index contributed by atoms with van der Waals surface area (Å²) >= 11 is 0. The van der Waals surface area contributed by atoms with E-state index in [-0.39, 0.29) is 11.5 Å². The van der Waals surface area contributed by atoms with Gasteiger partial charge in [0.2, 0.25) is 5.28 Å². The van der Waals surface area contributed by atoms with Gasteiger partial charge in [-0.2, -0.15) is 0 Å². The number of aliphatic carboxylic acids is 1. The second kappa shape index (κ2) is 8.45. The predicted octanol–water partition coefficient (Wildman–Crippen LogP) is 1.40. The minimum atomic E-state index is -1.18. The number of esters is 1. The van der Waals surface area contributed by atoms with E-state index in [1.165, 1.54) is 6.92 Å². The van der Waals surface area contributed by atoms with Gasteiger partial charge in [0.15, 0.2) is 6.54 Å². The van der Waals surface area contributed by atoms with Crippen LogP contribution < -0.4 is 0 Å². The van der Waals surface area contributed by atoms with Crippen molar-refractivity contribution < 1.29 is 29.2 Å². The number of rotatable bonds is 8. The molecule has 1 N–H and O–H groups in total. The molecule has 1 aromatic rings. The second-order valence-electron chi connectivity index (χ2n) is 4.15. The van der Waals surface area contributed by atoms with Gasteiger partial charge in [0.25, 0.3) is 6.29 Å². The van der Waals surface area contributed by atoms with Crippen LogP contribution in [0.1, 0.15) is 24.2 Å². The Labute approximate surface area is 126 Å². The Bertz CT molecular complexity index is 534. The monoisotopic (exact) mass is 311 g/mol. The third-order valence-electron chi connectivity index (χ3n) is 2.47. The van der Waals surface area contributed by atoms with Gasteiger partial charge in [-0.05, 0) is 19.1 Å². The van der Waals surface area contributed by atoms with Crippen LogP contribution >= 0.6 is 0 Å². The first-order valence-corrected chi connectivity index (χ1v) is 6.50. The summed E-state index contributed by atoms with van der Waals surface area (Å²) in [6.07, 6.45) is -1.10. The van der Waals surface area contributed by atoms with Gasteiger partial charge in [-0.25, -0.2) is 4.79 Å². The third kappa shape index (κ3) is 5.65. The van der Waals surface area contributed by atoms with Crippen molar-refractivity contribution in [3.63, 3.8) is 0 Å². The smallest absolute Gasteiger partial charge is 0.341 e. The number of hydrogen-bond acceptors (Lipinski definition) is 6. The lowest BCUT2D eigenvalue weighted by Crippen LogP contribution is -2.35. The van der Waals surface area contributed by atoms with Crippen LogP contribution in [0.4, 0.5) is 0 Å². The number of carboxylic acids is 1. The highest BCUT2D eigenvalue weighted by Crippen LogP contribution is 2.05. The first-order valence-electron chi connectivity index (χ1n) is 6.50. The average Bonchev–Trinajstić information content (AvgIpc) is 2.50. The topological polar surface area (TPSA) is 114 Å². The minimum absolute atomic E-state index is 0.000966. The van der Waals surface area contributed by atoms with E-state index in [2.05, 4.69) is 5.28 Å². The second-order valence-corrected chi connectivity index (χ2v) is 4.15. The molecule has 0 aromatic heterocycles. The van der Waals surface area contributed by atoms with Gasteiger partial charge in [0.05, 0.1) is 17.1 Å². The third-order valence-corrected chi connectivity index (χ3v) is 2.47. The molecule has 0 saturated carbocycles. The maximum atomic E-state index is 11.7. The van der Waals surface area contributed by atoms with E-state index in [4.69, 9.17) is 14.7 Å². The van der Waals surface area contributed by atoms with Crippen molar-refractivity contribution in [2.45, 2.75) is 20.1 Å². The molecule has 0 aliphatic heterocycles. The first-order chi connectivity index (χ1) is 10.4. The van der Waals surface area contributed by atoms with Crippen LogP contribution in [0, 0.1) is 5.21 Å². The van der Waals surface area contributed by atoms with Crippen molar-refractivity contribution in [1.82, 2.24) is 5.01 Å². The van der Waals surface area contributed by atoms with Crippen molar-refractivity contribution in [2.24, 2.45) is 5.28 Å². The summed E-state index contributed by atoms with van der Waals surface area (Å²) in [6, 6.07) is 8.24. The molecule has 0 amide bonds. The van der Waals surface area contributed by atoms with Crippen LogP contribution in [0.2, 0.25) is 0 Å². The molecule has 1 atom stereocenters. The summed E-state index contributed by atoms with van der Waals surface area (Å²) in [4.78, 5) is 27.0. The zero-order valence-electron chi connectivity index (χ0n) is 12.2. The highest BCUT2D eigenvalue weighted by Gasteiger charge is 2.17. The lowest BCUT2D eigenvalue weighted by molar-refractivity contribution is -0.710. The maximum Gasteiger partial charge on any atom is 0.341 e. The van der Waals surface area contributed by atoms with E-state index in [9.17, 15) is 14.8 Å². The highest BCUT2D eigenvalue weighted by molar-refractivity contribution is 5.89. The number of benzene rings is 1. The zero-order chi connectivity index (χ0) is 16.5. The minimum Gasteiger partial charge on any atom is -0.569 e. The number of likely N-dealkylation sites (N-methyl/N-ethyl adjacent to an activating group) is 1. The molecule has 0 spiro atoms. The maximum absolute atomic E-state index is 11.7. The van der Waals surface area contributed by atoms with Crippen molar-refractivity contribution in [1.29, 1.82) is 0 Å². The number of hydrogen-bond donors (Lipinski definition) is 1. The van der Waals surface area contributed by atoms with Crippen LogP contribution in [-0.4, -0.2) is 46.4 Å². The molecule has 120 valence electrons. The lowest BCUT2D eigenvalue weighted by atomic mass is 10.2. The molecule has 0 radical (unpaired) electrons. The summed E-state index contributed by atoms with van der Waals surface area (Å²) in [5, 5.41) is 24.2. The van der Waals surface area contributed by atoms with Gasteiger partial charge in [0, 0.05) is 6.92 Å². The largest absolute Gasteiger partial charge is 0.569 e. The highest BCUT2D eigenvalue weighted by atomic mass is 16.8. The van der Waals surface area contributed by atoms with E-state index in [0.717, 1.165) is 5.01 Å². The van der Waals surface area contributed by atoms with E-state index >= 15 is 0 Å². The van der Waals surface area contributed by atoms with Crippen LogP contribution in [0.15, 0.2) is 35.6 Å². The Morgan fingerprint density at radius 1 is 1.41 bits per heavy atom. The van der Waals surface area contributed by atoms with Gasteiger partial charge >= 0.3 is 11.9 Å². The summed E-state index contributed by atoms with van der Waals surface area (Å²) in [5.74, 6) is -1.81. The number of carbonyl (C=O) groups excluding carboxylic acids is 1. The van der Waals surface area contributed by atoms with Crippen LogP contribution in [0.3, 0.4) is 0 Å². The molecule has 1 aromatic carbocycles. The molecular weight excluding hydrogens is 294 g/mol. The van der Waals surface area contributed by atoms with Crippen molar-refractivity contribution in [3.05, 3.63) is 41.1 Å². The van der Waals surface area contributed by atoms with Crippen molar-refractivity contribution in [3.8, 4) is 0 Å². The summed E-state index contributed by atoms with van der Waals surface area (Å²) in [6.45, 7) is 2.57. The molecule has 1 unspecified atom stereocenters. The van der Waals surface area contributed by atoms with Gasteiger partial charge < -0.3 is 15.1 Å². The van der Waals surface area contributed by atoms with Crippen molar-refractivity contribution >= 4 is 11.9 Å². The van der Waals surface area contributed by atoms with E-state index in [1.807, 2.05) is 0 Å². The van der Waals surface area contributed by atoms with E-state index in [1.54, 1.807) is 37.3 Å². The van der Waals surface area contributed by atoms with E-state index < -0.39 is 24.8 Å². The number of ether oxygens (including phenoxy) is 1. The Morgan fingerprint density at radius 3 is 2.59 bits per heavy atom. The standard InChI is InChI=1S/C13H17N3O6/c1-3-15(9-12(17)18)16(20)14-22-10(2)21-13(19)11-7-5-4-6-8-11/h4-8,10H,3,9H2,1-2H3,(H,17,18). The SMILES string of the molecule is CCN(CC(=O)O)[N+]([O-])=NOC(C)OC(=O)c1ccccc1. The molecule has 0 heterocycles. The summed E-state index contributed by atoms with van der Waals surface area (Å²) < 4.78 is 4.93. The summed E-state index contributed by atoms with van der Waals surface area (Å²) in [5.41, 5.74) is 0.331. The molecule has 9 heteroatoms. The molecule has 0 fully saturated rings. The van der Waals surface area contributed by atoms with Gasteiger partial charge in [-0.1, -0.05) is 18.2 Å². The first kappa shape index (κ1) is 17.2. The molecule has 22 heavy (non-hydrogen) atoms. The molecule has 0 bridgehead atoms. The quantitative estimate of drug-likeness (QED) is 0.254. The lowest BCUT2D eigenvalue weighted by Gasteiger charge is -2.14. The molecule has 0 saturated heterocycles. The number of carboxylic acid groups (broad SMARTS) is 1. The van der Waals surface area contributed by atoms with Gasteiger partial charge in [0.1, 0.15) is 0 Å². The number of nitrogens with zero attached hydrogens (tertiary/aromatic N) is 3. The zero-order valence-corrected chi connectivity index (χ0v) is 12.2. The number of carbonyl (C=O) groups is 2. The van der Waals surface area contributed by atoms with Gasteiger partial charge in [-0.15, -0.1) is 5.01 Å². The molecule has 0 aliphatic rings. The Kier molecular flexibility index (Phi) is 6.61. The Hall–Kier alpha value is -2.84. The number of hydrazine groups is 1. The summed E-state index contributed by atoms with van der Waals surface area (Å²) in [7, 11) is 0. The normalized spacial score (nSPS) is 12.4. The molecule has 0 aliphatic carbocycles. The Balaban J connectivity index is 2.53. The van der Waals surface area contributed by atoms with E-state index in [0.29, 0.717) is 5.56 Å². The molecular formula is C13H17N3O6. The van der Waals surface area contributed by atoms with Crippen molar-refractivity contribution in [2.75, 3.05) is 13.1 Å². The van der Waals surface area contributed by atoms with Crippen LogP contribution in [-0.2, 0) is 14.4 Å². The van der Waals surface area contributed by atoms with Crippen LogP contribution in [0.25, 0.3) is 0 Å². The van der Waals surface area contributed by atoms with Crippen LogP contribution in [0.5, 0.6) is 0 Å². The predicted molar refractivity (Wildman–Crippen MR) is 73.3 cm³/mol. The molecule has 1 rings (SSSR count). The fourth-order valence-electron chi connectivity index (χ4n) is 1.42. The molecule has 9 nitrogen and oxygen atoms in total. The fraction of sp³-hybridized carbons (Fsp3) is 0.385.